The Bertz CT molecular complexity index is 1080. The molecular weight excluding hydrogens is 407 g/mol. The van der Waals surface area contributed by atoms with Gasteiger partial charge in [0.2, 0.25) is 0 Å². The summed E-state index contributed by atoms with van der Waals surface area (Å²) in [5.74, 6) is 0.920. The summed E-state index contributed by atoms with van der Waals surface area (Å²) in [4.78, 5) is 27.0. The summed E-state index contributed by atoms with van der Waals surface area (Å²) in [6.07, 6.45) is 2.38. The number of carbonyl (C=O) groups is 1. The highest BCUT2D eigenvalue weighted by atomic mass is 16.6. The topological polar surface area (TPSA) is 86.2 Å². The van der Waals surface area contributed by atoms with Gasteiger partial charge in [-0.1, -0.05) is 42.0 Å². The van der Waals surface area contributed by atoms with Crippen molar-refractivity contribution < 1.29 is 14.3 Å². The van der Waals surface area contributed by atoms with Crippen molar-refractivity contribution in [1.82, 2.24) is 14.8 Å². The lowest BCUT2D eigenvalue weighted by Crippen LogP contribution is -2.39. The van der Waals surface area contributed by atoms with E-state index in [-0.39, 0.29) is 11.7 Å². The number of aryl methyl sites for hydroxylation is 3. The molecule has 0 saturated heterocycles. The Morgan fingerprint density at radius 3 is 2.34 bits per heavy atom. The molecule has 1 N–H and O–H groups in total. The first-order valence-electron chi connectivity index (χ1n) is 10.9. The van der Waals surface area contributed by atoms with E-state index >= 15 is 0 Å². The number of aromatic nitrogens is 3. The second-order valence-corrected chi connectivity index (χ2v) is 8.35. The highest BCUT2D eigenvalue weighted by molar-refractivity contribution is 5.79. The molecule has 0 saturated carbocycles. The highest BCUT2D eigenvalue weighted by Gasteiger charge is 2.31. The van der Waals surface area contributed by atoms with E-state index in [0.29, 0.717) is 31.1 Å². The fourth-order valence-corrected chi connectivity index (χ4v) is 3.32. The molecule has 7 nitrogen and oxygen atoms in total. The smallest absolute Gasteiger partial charge is 0.349 e. The largest absolute Gasteiger partial charge is 0.476 e. The van der Waals surface area contributed by atoms with Crippen LogP contribution in [0, 0.1) is 6.92 Å². The summed E-state index contributed by atoms with van der Waals surface area (Å²) in [6.45, 7) is 7.97. The third-order valence-corrected chi connectivity index (χ3v) is 5.12. The van der Waals surface area contributed by atoms with E-state index in [9.17, 15) is 9.59 Å². The molecule has 7 heteroatoms. The molecule has 0 bridgehead atoms. The van der Waals surface area contributed by atoms with Crippen LogP contribution in [0.4, 0.5) is 0 Å². The lowest BCUT2D eigenvalue weighted by Gasteiger charge is -2.24. The van der Waals surface area contributed by atoms with Gasteiger partial charge >= 0.3 is 11.7 Å². The second kappa shape index (κ2) is 10.3. The van der Waals surface area contributed by atoms with Crippen LogP contribution in [0.3, 0.4) is 0 Å². The average molecular weight is 439 g/mol. The number of benzene rings is 2. The normalized spacial score (nSPS) is 11.4. The molecule has 3 rings (SSSR count). The summed E-state index contributed by atoms with van der Waals surface area (Å²) in [5, 5.41) is 4.43. The minimum Gasteiger partial charge on any atom is -0.476 e. The van der Waals surface area contributed by atoms with E-state index in [1.807, 2.05) is 55.5 Å². The molecule has 0 atom stereocenters. The number of rotatable bonds is 10. The number of H-pyrrole nitrogens is 1. The molecule has 1 aromatic heterocycles. The first-order chi connectivity index (χ1) is 15.3. The summed E-state index contributed by atoms with van der Waals surface area (Å²) in [7, 11) is 0. The van der Waals surface area contributed by atoms with Gasteiger partial charge in [-0.3, -0.25) is 4.98 Å². The molecule has 0 fully saturated rings. The fourth-order valence-electron chi connectivity index (χ4n) is 3.32. The van der Waals surface area contributed by atoms with Crippen LogP contribution in [0.2, 0.25) is 0 Å². The molecule has 0 aliphatic heterocycles. The molecule has 3 aromatic rings. The molecule has 0 aliphatic carbocycles. The van der Waals surface area contributed by atoms with E-state index in [1.54, 1.807) is 20.8 Å². The third kappa shape index (κ3) is 6.33. The van der Waals surface area contributed by atoms with Crippen LogP contribution in [-0.2, 0) is 28.9 Å². The molecule has 0 spiro atoms. The van der Waals surface area contributed by atoms with Gasteiger partial charge in [0, 0.05) is 6.42 Å². The number of ether oxygens (including phenoxy) is 2. The van der Waals surface area contributed by atoms with Crippen LogP contribution in [0.15, 0.2) is 53.3 Å². The first kappa shape index (κ1) is 23.3. The Balaban J connectivity index is 1.51. The maximum absolute atomic E-state index is 12.2. The van der Waals surface area contributed by atoms with E-state index < -0.39 is 5.60 Å². The Hall–Kier alpha value is -3.35. The molecule has 32 heavy (non-hydrogen) atoms. The minimum atomic E-state index is -1.04. The van der Waals surface area contributed by atoms with Crippen molar-refractivity contribution in [3.05, 3.63) is 81.5 Å². The summed E-state index contributed by atoms with van der Waals surface area (Å²) >= 11 is 0. The zero-order valence-corrected chi connectivity index (χ0v) is 19.2. The highest BCUT2D eigenvalue weighted by Crippen LogP contribution is 2.21. The van der Waals surface area contributed by atoms with Crippen LogP contribution in [-0.4, -0.2) is 32.9 Å². The van der Waals surface area contributed by atoms with Crippen LogP contribution in [0.1, 0.15) is 49.7 Å². The number of carbonyl (C=O) groups excluding carboxylic acids is 1. The van der Waals surface area contributed by atoms with E-state index in [2.05, 4.69) is 10.1 Å². The second-order valence-electron chi connectivity index (χ2n) is 8.35. The van der Waals surface area contributed by atoms with Crippen molar-refractivity contribution in [3.8, 4) is 5.75 Å². The Morgan fingerprint density at radius 1 is 1.03 bits per heavy atom. The number of nitrogens with one attached hydrogen (secondary N) is 1. The Labute approximate surface area is 188 Å². The van der Waals surface area contributed by atoms with Crippen LogP contribution in [0.5, 0.6) is 5.75 Å². The quantitative estimate of drug-likeness (QED) is 0.486. The fraction of sp³-hybridized carbons (Fsp3) is 0.400. The van der Waals surface area contributed by atoms with Gasteiger partial charge < -0.3 is 9.47 Å². The lowest BCUT2D eigenvalue weighted by molar-refractivity contribution is -0.158. The predicted molar refractivity (Wildman–Crippen MR) is 123 cm³/mol. The zero-order valence-electron chi connectivity index (χ0n) is 19.2. The van der Waals surface area contributed by atoms with Gasteiger partial charge in [0.1, 0.15) is 11.6 Å². The SMILES string of the molecule is CCOC(=O)C(C)(C)Oc1ccc(CCC[13c]2nn(Cc3ccc(C)cc3)c(=O)[nH]2)cc1. The van der Waals surface area contributed by atoms with Crippen molar-refractivity contribution >= 4 is 5.97 Å². The van der Waals surface area contributed by atoms with Crippen LogP contribution in [0.25, 0.3) is 0 Å². The van der Waals surface area contributed by atoms with Gasteiger partial charge in [-0.2, -0.15) is 5.10 Å². The minimum absolute atomic E-state index is 0.189. The number of esters is 1. The number of nitrogens with zero attached hydrogens (tertiary/aromatic N) is 2. The molecule has 2 aromatic carbocycles. The molecule has 0 aliphatic rings. The number of hydrogen-bond acceptors (Lipinski definition) is 5. The molecule has 1 heterocycles. The van der Waals surface area contributed by atoms with Gasteiger partial charge in [0.15, 0.2) is 5.60 Å². The standard InChI is InChI=1S/C25H31N3O4/c1-5-31-23(29)25(3,4)32-21-15-13-19(14-16-21)7-6-8-22-26-24(30)28(27-22)17-20-11-9-18(2)10-12-20/h9-16H,5-8,17H2,1-4H3,(H,26,27,30)/i22+1. The molecule has 0 amide bonds. The van der Waals surface area contributed by atoms with E-state index in [0.717, 1.165) is 24.0 Å². The first-order valence-corrected chi connectivity index (χ1v) is 10.9. The summed E-state index contributed by atoms with van der Waals surface area (Å²) in [5.41, 5.74) is 2.15. The average Bonchev–Trinajstić information content (AvgIpc) is 3.10. The van der Waals surface area contributed by atoms with Crippen molar-refractivity contribution in [2.24, 2.45) is 0 Å². The number of aromatic amines is 1. The monoisotopic (exact) mass is 438 g/mol. The molecule has 0 unspecified atom stereocenters. The van der Waals surface area contributed by atoms with Gasteiger partial charge in [-0.05, 0) is 63.8 Å². The summed E-state index contributed by atoms with van der Waals surface area (Å²) in [6, 6.07) is 15.8. The van der Waals surface area contributed by atoms with Crippen molar-refractivity contribution in [3.63, 3.8) is 0 Å². The van der Waals surface area contributed by atoms with Crippen LogP contribution < -0.4 is 10.4 Å². The molecular formula is C25H31N3O4. The van der Waals surface area contributed by atoms with Gasteiger partial charge in [-0.15, -0.1) is 0 Å². The Morgan fingerprint density at radius 2 is 1.69 bits per heavy atom. The maximum atomic E-state index is 12.2. The number of hydrogen-bond donors (Lipinski definition) is 1. The predicted octanol–water partition coefficient (Wildman–Crippen LogP) is 3.82. The zero-order chi connectivity index (χ0) is 23.1. The Kier molecular flexibility index (Phi) is 7.51. The van der Waals surface area contributed by atoms with E-state index in [4.69, 9.17) is 9.47 Å². The lowest BCUT2D eigenvalue weighted by atomic mass is 10.1. The molecule has 170 valence electrons. The summed E-state index contributed by atoms with van der Waals surface area (Å²) < 4.78 is 12.3. The van der Waals surface area contributed by atoms with Crippen LogP contribution >= 0.6 is 0 Å². The van der Waals surface area contributed by atoms with E-state index in [1.165, 1.54) is 10.2 Å². The van der Waals surface area contributed by atoms with Crippen molar-refractivity contribution in [1.29, 1.82) is 0 Å². The van der Waals surface area contributed by atoms with Crippen molar-refractivity contribution in [2.45, 2.75) is 59.1 Å². The van der Waals surface area contributed by atoms with Gasteiger partial charge in [-0.25, -0.2) is 14.3 Å². The van der Waals surface area contributed by atoms with Gasteiger partial charge in [0.25, 0.3) is 0 Å². The van der Waals surface area contributed by atoms with Crippen molar-refractivity contribution in [2.75, 3.05) is 6.61 Å². The third-order valence-electron chi connectivity index (χ3n) is 5.12. The maximum Gasteiger partial charge on any atom is 0.349 e. The molecule has 0 radical (unpaired) electrons. The van der Waals surface area contributed by atoms with Gasteiger partial charge in [0.05, 0.1) is 13.2 Å².